The third-order valence-corrected chi connectivity index (χ3v) is 7.01. The fraction of sp³-hybridized carbons (Fsp3) is 0.364. The number of ether oxygens (including phenoxy) is 1. The Bertz CT molecular complexity index is 1220. The predicted octanol–water partition coefficient (Wildman–Crippen LogP) is 3.47. The highest BCUT2D eigenvalue weighted by Gasteiger charge is 2.22. The minimum Gasteiger partial charge on any atom is -0.495 e. The van der Waals surface area contributed by atoms with Crippen molar-refractivity contribution >= 4 is 32.8 Å². The fourth-order valence-electron chi connectivity index (χ4n) is 4.29. The lowest BCUT2D eigenvalue weighted by atomic mass is 10.1. The number of rotatable bonds is 4. The van der Waals surface area contributed by atoms with Crippen molar-refractivity contribution in [2.45, 2.75) is 32.4 Å². The second-order valence-corrected chi connectivity index (χ2v) is 9.01. The van der Waals surface area contributed by atoms with Crippen molar-refractivity contribution in [3.63, 3.8) is 0 Å². The number of aromatic nitrogens is 3. The molecule has 7 nitrogen and oxygen atoms in total. The second-order valence-electron chi connectivity index (χ2n) is 7.96. The number of aliphatic hydroxyl groups is 1. The van der Waals surface area contributed by atoms with Crippen molar-refractivity contribution < 1.29 is 9.84 Å². The highest BCUT2D eigenvalue weighted by Crippen LogP contribution is 2.42. The van der Waals surface area contributed by atoms with Gasteiger partial charge in [-0.3, -0.25) is 4.90 Å². The zero-order valence-corrected chi connectivity index (χ0v) is 17.9. The highest BCUT2D eigenvalue weighted by molar-refractivity contribution is 7.22. The first-order valence-corrected chi connectivity index (χ1v) is 10.9. The quantitative estimate of drug-likeness (QED) is 0.523. The SMILES string of the molecule is COc1cc(C)cc2cc(-c3cc(CN4CCC(O)CC4)n4ncnc(N)c34)sc12. The maximum Gasteiger partial charge on any atom is 0.152 e. The average Bonchev–Trinajstić information content (AvgIpc) is 3.31. The molecule has 0 bridgehead atoms. The average molecular weight is 424 g/mol. The molecule has 1 aliphatic rings. The topological polar surface area (TPSA) is 88.9 Å². The summed E-state index contributed by atoms with van der Waals surface area (Å²) in [6, 6.07) is 8.61. The number of nitrogens with two attached hydrogens (primary N) is 1. The molecule has 1 aromatic carbocycles. The fourth-order valence-corrected chi connectivity index (χ4v) is 5.44. The van der Waals surface area contributed by atoms with Crippen LogP contribution in [-0.4, -0.2) is 50.9 Å². The summed E-state index contributed by atoms with van der Waals surface area (Å²) in [6.07, 6.45) is 2.94. The van der Waals surface area contributed by atoms with Gasteiger partial charge in [0.05, 0.1) is 23.6 Å². The summed E-state index contributed by atoms with van der Waals surface area (Å²) in [5.41, 5.74) is 10.4. The van der Waals surface area contributed by atoms with Crippen LogP contribution in [-0.2, 0) is 6.54 Å². The number of hydrogen-bond donors (Lipinski definition) is 2. The predicted molar refractivity (Wildman–Crippen MR) is 120 cm³/mol. The molecule has 4 heterocycles. The number of anilines is 1. The Morgan fingerprint density at radius 1 is 1.23 bits per heavy atom. The lowest BCUT2D eigenvalue weighted by Gasteiger charge is -2.29. The van der Waals surface area contributed by atoms with Gasteiger partial charge in [0, 0.05) is 30.1 Å². The highest BCUT2D eigenvalue weighted by atomic mass is 32.1. The number of nitrogen functional groups attached to an aromatic ring is 1. The number of likely N-dealkylation sites (tertiary alicyclic amines) is 1. The molecule has 3 N–H and O–H groups in total. The van der Waals surface area contributed by atoms with E-state index in [2.05, 4.69) is 46.2 Å². The number of nitrogens with zero attached hydrogens (tertiary/aromatic N) is 4. The molecular formula is C22H25N5O2S. The summed E-state index contributed by atoms with van der Waals surface area (Å²) < 4.78 is 8.65. The van der Waals surface area contributed by atoms with E-state index in [9.17, 15) is 5.11 Å². The van der Waals surface area contributed by atoms with Crippen molar-refractivity contribution in [3.8, 4) is 16.2 Å². The third-order valence-electron chi connectivity index (χ3n) is 5.81. The van der Waals surface area contributed by atoms with E-state index in [4.69, 9.17) is 10.5 Å². The van der Waals surface area contributed by atoms with Gasteiger partial charge in [0.2, 0.25) is 0 Å². The number of aliphatic hydroxyl groups excluding tert-OH is 1. The summed E-state index contributed by atoms with van der Waals surface area (Å²) >= 11 is 1.70. The van der Waals surface area contributed by atoms with E-state index in [-0.39, 0.29) is 6.10 Å². The number of hydrogen-bond acceptors (Lipinski definition) is 7. The third kappa shape index (κ3) is 3.30. The molecule has 1 aliphatic heterocycles. The van der Waals surface area contributed by atoms with Gasteiger partial charge in [-0.15, -0.1) is 11.3 Å². The Morgan fingerprint density at radius 2 is 2.03 bits per heavy atom. The smallest absolute Gasteiger partial charge is 0.152 e. The molecule has 0 aliphatic carbocycles. The Kier molecular flexibility index (Phi) is 4.85. The summed E-state index contributed by atoms with van der Waals surface area (Å²) in [4.78, 5) is 7.72. The van der Waals surface area contributed by atoms with Crippen LogP contribution in [0, 0.1) is 6.92 Å². The Balaban J connectivity index is 1.62. The molecule has 8 heteroatoms. The molecule has 1 fully saturated rings. The molecule has 3 aromatic heterocycles. The van der Waals surface area contributed by atoms with E-state index in [1.807, 2.05) is 4.52 Å². The number of benzene rings is 1. The first-order valence-electron chi connectivity index (χ1n) is 10.1. The van der Waals surface area contributed by atoms with Gasteiger partial charge in [0.25, 0.3) is 0 Å². The van der Waals surface area contributed by atoms with E-state index in [1.165, 1.54) is 11.9 Å². The second kappa shape index (κ2) is 7.54. The Morgan fingerprint density at radius 3 is 2.80 bits per heavy atom. The van der Waals surface area contributed by atoms with Crippen molar-refractivity contribution in [1.82, 2.24) is 19.5 Å². The standard InChI is InChI=1S/C22H25N5O2S/c1-13-7-14-9-19(30-21(14)18(8-13)29-2)17-10-15(11-26-5-3-16(28)4-6-26)27-20(17)22(23)24-12-25-27/h7-10,12,16,28H,3-6,11H2,1-2H3,(H2,23,24,25). The first kappa shape index (κ1) is 19.3. The van der Waals surface area contributed by atoms with E-state index in [1.54, 1.807) is 18.4 Å². The van der Waals surface area contributed by atoms with Gasteiger partial charge in [-0.25, -0.2) is 9.50 Å². The summed E-state index contributed by atoms with van der Waals surface area (Å²) in [7, 11) is 1.71. The molecule has 0 atom stereocenters. The minimum absolute atomic E-state index is 0.184. The van der Waals surface area contributed by atoms with Gasteiger partial charge in [-0.1, -0.05) is 6.07 Å². The van der Waals surface area contributed by atoms with Crippen LogP contribution in [0.2, 0.25) is 0 Å². The van der Waals surface area contributed by atoms with Crippen LogP contribution in [0.5, 0.6) is 5.75 Å². The summed E-state index contributed by atoms with van der Waals surface area (Å²) in [5.74, 6) is 1.36. The largest absolute Gasteiger partial charge is 0.495 e. The van der Waals surface area contributed by atoms with Gasteiger partial charge in [0.1, 0.15) is 17.6 Å². The Hall–Kier alpha value is -2.68. The summed E-state index contributed by atoms with van der Waals surface area (Å²) in [6.45, 7) is 4.59. The normalized spacial score (nSPS) is 16.0. The van der Waals surface area contributed by atoms with Crippen molar-refractivity contribution in [3.05, 3.63) is 41.9 Å². The molecule has 0 spiro atoms. The lowest BCUT2D eigenvalue weighted by Crippen LogP contribution is -2.35. The zero-order valence-electron chi connectivity index (χ0n) is 17.1. The molecule has 30 heavy (non-hydrogen) atoms. The van der Waals surface area contributed by atoms with Crippen LogP contribution in [0.25, 0.3) is 26.0 Å². The van der Waals surface area contributed by atoms with E-state index in [0.717, 1.165) is 70.0 Å². The van der Waals surface area contributed by atoms with Crippen molar-refractivity contribution in [2.24, 2.45) is 0 Å². The van der Waals surface area contributed by atoms with Gasteiger partial charge in [0.15, 0.2) is 5.82 Å². The van der Waals surface area contributed by atoms with E-state index < -0.39 is 0 Å². The number of thiophene rings is 1. The van der Waals surface area contributed by atoms with Crippen LogP contribution in [0.1, 0.15) is 24.1 Å². The first-order chi connectivity index (χ1) is 14.5. The molecule has 0 amide bonds. The van der Waals surface area contributed by atoms with E-state index >= 15 is 0 Å². The Labute approximate surface area is 178 Å². The van der Waals surface area contributed by atoms with Crippen LogP contribution in [0.15, 0.2) is 30.6 Å². The number of methoxy groups -OCH3 is 1. The van der Waals surface area contributed by atoms with Crippen LogP contribution in [0.3, 0.4) is 0 Å². The van der Waals surface area contributed by atoms with Crippen molar-refractivity contribution in [2.75, 3.05) is 25.9 Å². The maximum atomic E-state index is 9.81. The molecule has 4 aromatic rings. The molecule has 0 radical (unpaired) electrons. The van der Waals surface area contributed by atoms with Gasteiger partial charge < -0.3 is 15.6 Å². The zero-order chi connectivity index (χ0) is 20.8. The molecule has 0 saturated carbocycles. The number of piperidine rings is 1. The van der Waals surface area contributed by atoms with Gasteiger partial charge in [-0.2, -0.15) is 5.10 Å². The molecule has 1 saturated heterocycles. The van der Waals surface area contributed by atoms with E-state index in [0.29, 0.717) is 5.82 Å². The molecule has 156 valence electrons. The minimum atomic E-state index is -0.184. The number of fused-ring (bicyclic) bond motifs is 2. The van der Waals surface area contributed by atoms with Crippen LogP contribution >= 0.6 is 11.3 Å². The monoisotopic (exact) mass is 423 g/mol. The number of aryl methyl sites for hydroxylation is 1. The molecule has 0 unspecified atom stereocenters. The molecule has 5 rings (SSSR count). The molecular weight excluding hydrogens is 398 g/mol. The van der Waals surface area contributed by atoms with Crippen LogP contribution in [0.4, 0.5) is 5.82 Å². The van der Waals surface area contributed by atoms with Gasteiger partial charge >= 0.3 is 0 Å². The lowest BCUT2D eigenvalue weighted by molar-refractivity contribution is 0.0784. The maximum absolute atomic E-state index is 9.81. The van der Waals surface area contributed by atoms with Crippen LogP contribution < -0.4 is 10.5 Å². The van der Waals surface area contributed by atoms with Gasteiger partial charge in [-0.05, 0) is 48.9 Å². The summed E-state index contributed by atoms with van der Waals surface area (Å²) in [5, 5.41) is 15.5. The van der Waals surface area contributed by atoms with Crippen molar-refractivity contribution in [1.29, 1.82) is 0 Å².